The molecule has 0 heterocycles. The van der Waals surface area contributed by atoms with Crippen molar-refractivity contribution in [2.75, 3.05) is 11.9 Å². The minimum absolute atomic E-state index is 0.397. The molecule has 0 amide bonds. The van der Waals surface area contributed by atoms with Crippen molar-refractivity contribution in [2.45, 2.75) is 20.1 Å². The van der Waals surface area contributed by atoms with Crippen molar-refractivity contribution in [1.29, 1.82) is 0 Å². The molecule has 3 aromatic rings. The average molecular weight is 516 g/mol. The monoisotopic (exact) mass is 513 g/mol. The first-order valence-corrected chi connectivity index (χ1v) is 10.9. The number of ether oxygens (including phenoxy) is 2. The van der Waals surface area contributed by atoms with Gasteiger partial charge >= 0.3 is 0 Å². The molecule has 3 nitrogen and oxygen atoms in total. The van der Waals surface area contributed by atoms with Crippen LogP contribution in [0.15, 0.2) is 59.1 Å². The number of nitrogens with one attached hydrogen (secondary N) is 1. The molecule has 0 aliphatic rings. The summed E-state index contributed by atoms with van der Waals surface area (Å²) < 4.78 is 12.8. The lowest BCUT2D eigenvalue weighted by Gasteiger charge is -2.16. The molecule has 0 atom stereocenters. The second-order valence-electron chi connectivity index (χ2n) is 6.24. The summed E-state index contributed by atoms with van der Waals surface area (Å²) in [6.45, 7) is 3.38. The van der Waals surface area contributed by atoms with Gasteiger partial charge in [-0.1, -0.05) is 62.9 Å². The van der Waals surface area contributed by atoms with Crippen LogP contribution < -0.4 is 14.8 Å². The van der Waals surface area contributed by atoms with Gasteiger partial charge in [-0.05, 0) is 60.5 Å². The highest BCUT2D eigenvalue weighted by atomic mass is 79.9. The number of benzene rings is 3. The van der Waals surface area contributed by atoms with Crippen molar-refractivity contribution in [3.8, 4) is 11.5 Å². The van der Waals surface area contributed by atoms with Crippen molar-refractivity contribution in [3.63, 3.8) is 0 Å². The van der Waals surface area contributed by atoms with Gasteiger partial charge < -0.3 is 14.8 Å². The Labute approximate surface area is 194 Å². The van der Waals surface area contributed by atoms with Gasteiger partial charge in [-0.25, -0.2) is 0 Å². The topological polar surface area (TPSA) is 30.5 Å². The quantitative estimate of drug-likeness (QED) is 0.330. The van der Waals surface area contributed by atoms with Gasteiger partial charge in [-0.3, -0.25) is 0 Å². The molecule has 3 aromatic carbocycles. The molecular formula is C22H19BrCl3NO2. The minimum atomic E-state index is 0.397. The number of anilines is 1. The molecule has 7 heteroatoms. The molecule has 0 aliphatic carbocycles. The molecule has 0 unspecified atom stereocenters. The largest absolute Gasteiger partial charge is 0.490 e. The van der Waals surface area contributed by atoms with Crippen LogP contribution in [0.4, 0.5) is 5.69 Å². The van der Waals surface area contributed by atoms with Gasteiger partial charge in [0, 0.05) is 16.7 Å². The van der Waals surface area contributed by atoms with E-state index in [1.54, 1.807) is 12.1 Å². The van der Waals surface area contributed by atoms with Crippen molar-refractivity contribution in [1.82, 2.24) is 0 Å². The van der Waals surface area contributed by atoms with Crippen LogP contribution in [0, 0.1) is 0 Å². The molecule has 0 aromatic heterocycles. The van der Waals surface area contributed by atoms with Crippen LogP contribution in [-0.2, 0) is 13.2 Å². The molecule has 3 rings (SSSR count). The van der Waals surface area contributed by atoms with E-state index in [0.29, 0.717) is 46.3 Å². The minimum Gasteiger partial charge on any atom is -0.490 e. The van der Waals surface area contributed by atoms with Crippen LogP contribution in [0.1, 0.15) is 18.1 Å². The lowest BCUT2D eigenvalue weighted by atomic mass is 10.2. The highest BCUT2D eigenvalue weighted by Crippen LogP contribution is 2.37. The Morgan fingerprint density at radius 2 is 1.59 bits per heavy atom. The van der Waals surface area contributed by atoms with Gasteiger partial charge in [0.2, 0.25) is 0 Å². The zero-order valence-corrected chi connectivity index (χ0v) is 19.5. The standard InChI is InChI=1S/C22H19BrCl3NO2/c1-2-28-21-10-15(12-27-17-7-8-18(24)19(25)11-17)9-20(26)22(21)29-13-14-3-5-16(23)6-4-14/h3-11,27H,2,12-13H2,1H3. The lowest BCUT2D eigenvalue weighted by molar-refractivity contribution is 0.269. The third-order valence-electron chi connectivity index (χ3n) is 4.08. The first kappa shape index (κ1) is 22.1. The van der Waals surface area contributed by atoms with E-state index in [1.165, 1.54) is 0 Å². The molecular weight excluding hydrogens is 497 g/mol. The number of halogens is 4. The van der Waals surface area contributed by atoms with E-state index in [9.17, 15) is 0 Å². The van der Waals surface area contributed by atoms with Gasteiger partial charge in [-0.2, -0.15) is 0 Å². The molecule has 0 spiro atoms. The SMILES string of the molecule is CCOc1cc(CNc2ccc(Cl)c(Cl)c2)cc(Cl)c1OCc1ccc(Br)cc1. The highest BCUT2D eigenvalue weighted by molar-refractivity contribution is 9.10. The third kappa shape index (κ3) is 6.19. The third-order valence-corrected chi connectivity index (χ3v) is 5.63. The van der Waals surface area contributed by atoms with E-state index in [-0.39, 0.29) is 0 Å². The summed E-state index contributed by atoms with van der Waals surface area (Å²) in [6, 6.07) is 17.1. The van der Waals surface area contributed by atoms with Crippen LogP contribution in [0.5, 0.6) is 11.5 Å². The van der Waals surface area contributed by atoms with Crippen molar-refractivity contribution < 1.29 is 9.47 Å². The summed E-state index contributed by atoms with van der Waals surface area (Å²) in [5, 5.41) is 4.83. The highest BCUT2D eigenvalue weighted by Gasteiger charge is 2.13. The first-order chi connectivity index (χ1) is 14.0. The second-order valence-corrected chi connectivity index (χ2v) is 8.37. The van der Waals surface area contributed by atoms with E-state index in [0.717, 1.165) is 21.3 Å². The van der Waals surface area contributed by atoms with Crippen molar-refractivity contribution >= 4 is 56.4 Å². The van der Waals surface area contributed by atoms with Gasteiger partial charge in [0.25, 0.3) is 0 Å². The zero-order valence-electron chi connectivity index (χ0n) is 15.6. The summed E-state index contributed by atoms with van der Waals surface area (Å²) in [4.78, 5) is 0. The van der Waals surface area contributed by atoms with Crippen molar-refractivity contribution in [2.24, 2.45) is 0 Å². The molecule has 0 bridgehead atoms. The Kier molecular flexibility index (Phi) is 7.96. The fourth-order valence-electron chi connectivity index (χ4n) is 2.67. The summed E-state index contributed by atoms with van der Waals surface area (Å²) in [7, 11) is 0. The van der Waals surface area contributed by atoms with Gasteiger partial charge in [0.05, 0.1) is 21.7 Å². The van der Waals surface area contributed by atoms with Gasteiger partial charge in [0.15, 0.2) is 11.5 Å². The Balaban J connectivity index is 1.74. The lowest BCUT2D eigenvalue weighted by Crippen LogP contribution is -2.04. The number of hydrogen-bond donors (Lipinski definition) is 1. The molecule has 0 saturated carbocycles. The number of rotatable bonds is 8. The zero-order chi connectivity index (χ0) is 20.8. The fraction of sp³-hybridized carbons (Fsp3) is 0.182. The Morgan fingerprint density at radius 1 is 0.828 bits per heavy atom. The number of hydrogen-bond acceptors (Lipinski definition) is 3. The Bertz CT molecular complexity index is 981. The molecule has 0 aliphatic heterocycles. The van der Waals surface area contributed by atoms with E-state index in [2.05, 4.69) is 21.2 Å². The van der Waals surface area contributed by atoms with Crippen molar-refractivity contribution in [3.05, 3.63) is 85.3 Å². The van der Waals surface area contributed by atoms with Crippen LogP contribution >= 0.6 is 50.7 Å². The van der Waals surface area contributed by atoms with Crippen LogP contribution in [0.2, 0.25) is 15.1 Å². The normalized spacial score (nSPS) is 10.7. The van der Waals surface area contributed by atoms with Gasteiger partial charge in [-0.15, -0.1) is 0 Å². The predicted octanol–water partition coefficient (Wildman–Crippen LogP) is 8.00. The second kappa shape index (κ2) is 10.4. The molecule has 152 valence electrons. The maximum absolute atomic E-state index is 6.51. The van der Waals surface area contributed by atoms with E-state index < -0.39 is 0 Å². The summed E-state index contributed by atoms with van der Waals surface area (Å²) >= 11 is 22.0. The smallest absolute Gasteiger partial charge is 0.180 e. The molecule has 0 saturated heterocycles. The summed E-state index contributed by atoms with van der Waals surface area (Å²) in [6.07, 6.45) is 0. The Morgan fingerprint density at radius 3 is 2.28 bits per heavy atom. The molecule has 29 heavy (non-hydrogen) atoms. The van der Waals surface area contributed by atoms with E-state index in [1.807, 2.05) is 49.4 Å². The predicted molar refractivity (Wildman–Crippen MR) is 125 cm³/mol. The maximum atomic E-state index is 6.51. The van der Waals surface area contributed by atoms with E-state index >= 15 is 0 Å². The summed E-state index contributed by atoms with van der Waals surface area (Å²) in [5.41, 5.74) is 2.86. The summed E-state index contributed by atoms with van der Waals surface area (Å²) in [5.74, 6) is 1.15. The van der Waals surface area contributed by atoms with Gasteiger partial charge in [0.1, 0.15) is 6.61 Å². The Hall–Kier alpha value is -1.59. The average Bonchev–Trinajstić information content (AvgIpc) is 2.70. The fourth-order valence-corrected chi connectivity index (χ4v) is 3.52. The molecule has 0 fully saturated rings. The molecule has 0 radical (unpaired) electrons. The van der Waals surface area contributed by atoms with E-state index in [4.69, 9.17) is 44.3 Å². The first-order valence-electron chi connectivity index (χ1n) is 8.97. The molecule has 1 N–H and O–H groups in total. The van der Waals surface area contributed by atoms with Crippen LogP contribution in [0.25, 0.3) is 0 Å². The van der Waals surface area contributed by atoms with Crippen LogP contribution in [-0.4, -0.2) is 6.61 Å². The maximum Gasteiger partial charge on any atom is 0.180 e. The van der Waals surface area contributed by atoms with Crippen LogP contribution in [0.3, 0.4) is 0 Å².